The van der Waals surface area contributed by atoms with Crippen LogP contribution < -0.4 is 11.1 Å². The molecule has 3 N–H and O–H groups in total. The van der Waals surface area contributed by atoms with Crippen LogP contribution in [-0.4, -0.2) is 22.4 Å². The Morgan fingerprint density at radius 2 is 2.36 bits per heavy atom. The van der Waals surface area contributed by atoms with Crippen molar-refractivity contribution in [1.29, 1.82) is 0 Å². The van der Waals surface area contributed by atoms with Gasteiger partial charge in [-0.15, -0.1) is 0 Å². The maximum Gasteiger partial charge on any atom is 0.202 e. The highest BCUT2D eigenvalue weighted by atomic mass is 32.1. The monoisotopic (exact) mass is 212 g/mol. The molecule has 1 fully saturated rings. The molecular formula is C9H16N4S. The van der Waals surface area contributed by atoms with Gasteiger partial charge in [0.2, 0.25) is 5.13 Å². The molecular weight excluding hydrogens is 196 g/mol. The Morgan fingerprint density at radius 3 is 2.86 bits per heavy atom. The second kappa shape index (κ2) is 3.82. The maximum atomic E-state index is 5.69. The molecule has 0 radical (unpaired) electrons. The number of nitrogens with zero attached hydrogens (tertiary/aromatic N) is 2. The van der Waals surface area contributed by atoms with Crippen LogP contribution in [0, 0.1) is 5.41 Å². The summed E-state index contributed by atoms with van der Waals surface area (Å²) in [6, 6.07) is 0. The molecule has 0 aliphatic heterocycles. The Morgan fingerprint density at radius 1 is 1.57 bits per heavy atom. The Kier molecular flexibility index (Phi) is 2.69. The maximum absolute atomic E-state index is 5.69. The zero-order chi connectivity index (χ0) is 10.0. The summed E-state index contributed by atoms with van der Waals surface area (Å²) in [6.45, 7) is 3.79. The largest absolute Gasteiger partial charge is 0.360 e. The molecule has 78 valence electrons. The molecule has 1 heterocycles. The van der Waals surface area contributed by atoms with Gasteiger partial charge in [-0.05, 0) is 24.8 Å². The third kappa shape index (κ3) is 2.04. The van der Waals surface area contributed by atoms with Gasteiger partial charge in [0.05, 0.1) is 0 Å². The van der Waals surface area contributed by atoms with Crippen LogP contribution in [0.1, 0.15) is 25.6 Å². The molecule has 1 aromatic rings. The van der Waals surface area contributed by atoms with Crippen LogP contribution in [0.4, 0.5) is 5.13 Å². The lowest BCUT2D eigenvalue weighted by atomic mass is 10.1. The number of hydrogen-bond donors (Lipinski definition) is 2. The highest BCUT2D eigenvalue weighted by Gasteiger charge is 2.40. The summed E-state index contributed by atoms with van der Waals surface area (Å²) in [5, 5.41) is 4.25. The van der Waals surface area contributed by atoms with Gasteiger partial charge < -0.3 is 11.1 Å². The van der Waals surface area contributed by atoms with Crippen molar-refractivity contribution < 1.29 is 0 Å². The van der Waals surface area contributed by atoms with E-state index in [1.54, 1.807) is 0 Å². The Balaban J connectivity index is 1.85. The van der Waals surface area contributed by atoms with Crippen molar-refractivity contribution in [2.45, 2.75) is 26.2 Å². The molecule has 1 aliphatic rings. The molecule has 0 bridgehead atoms. The number of nitrogens with one attached hydrogen (secondary N) is 1. The van der Waals surface area contributed by atoms with E-state index in [1.165, 1.54) is 24.4 Å². The van der Waals surface area contributed by atoms with E-state index in [0.29, 0.717) is 5.41 Å². The number of aromatic nitrogens is 2. The second-order valence-electron chi connectivity index (χ2n) is 3.93. The fourth-order valence-corrected chi connectivity index (χ4v) is 2.01. The van der Waals surface area contributed by atoms with E-state index in [0.717, 1.165) is 30.5 Å². The molecule has 5 heteroatoms. The lowest BCUT2D eigenvalue weighted by molar-refractivity contribution is 0.555. The topological polar surface area (TPSA) is 63.8 Å². The molecule has 0 saturated heterocycles. The number of nitrogens with two attached hydrogens (primary N) is 1. The molecule has 1 aromatic heterocycles. The van der Waals surface area contributed by atoms with Crippen molar-refractivity contribution in [2.75, 3.05) is 18.4 Å². The summed E-state index contributed by atoms with van der Waals surface area (Å²) in [5.74, 6) is 0.926. The summed E-state index contributed by atoms with van der Waals surface area (Å²) in [4.78, 5) is 4.35. The molecule has 1 aliphatic carbocycles. The Hall–Kier alpha value is -0.680. The van der Waals surface area contributed by atoms with Crippen LogP contribution in [0.15, 0.2) is 0 Å². The summed E-state index contributed by atoms with van der Waals surface area (Å²) >= 11 is 1.44. The SMILES string of the molecule is CCc1nsc(NCC2(CN)CC2)n1. The van der Waals surface area contributed by atoms with Crippen LogP contribution in [0.25, 0.3) is 0 Å². The predicted molar refractivity (Wildman–Crippen MR) is 58.5 cm³/mol. The van der Waals surface area contributed by atoms with Crippen molar-refractivity contribution in [1.82, 2.24) is 9.36 Å². The average molecular weight is 212 g/mol. The minimum absolute atomic E-state index is 0.359. The average Bonchev–Trinajstić information content (AvgIpc) is 2.86. The standard InChI is InChI=1S/C9H16N4S/c1-2-7-12-8(14-13-7)11-6-9(5-10)3-4-9/h2-6,10H2,1H3,(H,11,12,13). The van der Waals surface area contributed by atoms with Crippen LogP contribution >= 0.6 is 11.5 Å². The van der Waals surface area contributed by atoms with Gasteiger partial charge in [-0.1, -0.05) is 6.92 Å². The Labute approximate surface area is 88.1 Å². The van der Waals surface area contributed by atoms with Crippen molar-refractivity contribution in [3.05, 3.63) is 5.82 Å². The fraction of sp³-hybridized carbons (Fsp3) is 0.778. The molecule has 0 unspecified atom stereocenters. The minimum atomic E-state index is 0.359. The first-order chi connectivity index (χ1) is 6.78. The van der Waals surface area contributed by atoms with Crippen LogP contribution in [0.5, 0.6) is 0 Å². The highest BCUT2D eigenvalue weighted by molar-refractivity contribution is 7.09. The Bertz CT molecular complexity index is 306. The molecule has 1 saturated carbocycles. The third-order valence-electron chi connectivity index (χ3n) is 2.79. The van der Waals surface area contributed by atoms with Gasteiger partial charge in [-0.3, -0.25) is 0 Å². The molecule has 0 aromatic carbocycles. The van der Waals surface area contributed by atoms with Crippen molar-refractivity contribution in [3.63, 3.8) is 0 Å². The van der Waals surface area contributed by atoms with Crippen LogP contribution in [0.3, 0.4) is 0 Å². The van der Waals surface area contributed by atoms with E-state index in [9.17, 15) is 0 Å². The molecule has 14 heavy (non-hydrogen) atoms. The predicted octanol–water partition coefficient (Wildman–Crippen LogP) is 1.25. The molecule has 2 rings (SSSR count). The number of rotatable bonds is 5. The van der Waals surface area contributed by atoms with Gasteiger partial charge in [-0.25, -0.2) is 4.98 Å². The molecule has 4 nitrogen and oxygen atoms in total. The summed E-state index contributed by atoms with van der Waals surface area (Å²) in [7, 11) is 0. The van der Waals surface area contributed by atoms with Gasteiger partial charge in [0.15, 0.2) is 0 Å². The van der Waals surface area contributed by atoms with Gasteiger partial charge in [0.1, 0.15) is 5.82 Å². The lowest BCUT2D eigenvalue weighted by Gasteiger charge is -2.11. The zero-order valence-corrected chi connectivity index (χ0v) is 9.23. The summed E-state index contributed by atoms with van der Waals surface area (Å²) in [6.07, 6.45) is 3.39. The van der Waals surface area contributed by atoms with Crippen molar-refractivity contribution in [3.8, 4) is 0 Å². The first-order valence-electron chi connectivity index (χ1n) is 5.04. The number of aryl methyl sites for hydroxylation is 1. The van der Waals surface area contributed by atoms with E-state index in [2.05, 4.69) is 21.6 Å². The molecule has 0 amide bonds. The van der Waals surface area contributed by atoms with E-state index >= 15 is 0 Å². The zero-order valence-electron chi connectivity index (χ0n) is 8.42. The first-order valence-corrected chi connectivity index (χ1v) is 5.82. The van der Waals surface area contributed by atoms with Crippen molar-refractivity contribution >= 4 is 16.7 Å². The summed E-state index contributed by atoms with van der Waals surface area (Å²) in [5.41, 5.74) is 6.05. The smallest absolute Gasteiger partial charge is 0.202 e. The number of hydrogen-bond acceptors (Lipinski definition) is 5. The van der Waals surface area contributed by atoms with Gasteiger partial charge in [0, 0.05) is 24.5 Å². The van der Waals surface area contributed by atoms with E-state index in [4.69, 9.17) is 5.73 Å². The lowest BCUT2D eigenvalue weighted by Crippen LogP contribution is -2.24. The van der Waals surface area contributed by atoms with Crippen molar-refractivity contribution in [2.24, 2.45) is 11.1 Å². The summed E-state index contributed by atoms with van der Waals surface area (Å²) < 4.78 is 4.22. The third-order valence-corrected chi connectivity index (χ3v) is 3.50. The second-order valence-corrected chi connectivity index (χ2v) is 4.68. The highest BCUT2D eigenvalue weighted by Crippen LogP contribution is 2.44. The van der Waals surface area contributed by atoms with E-state index < -0.39 is 0 Å². The number of anilines is 1. The van der Waals surface area contributed by atoms with Crippen LogP contribution in [-0.2, 0) is 6.42 Å². The van der Waals surface area contributed by atoms with E-state index in [1.807, 2.05) is 0 Å². The van der Waals surface area contributed by atoms with Gasteiger partial charge in [-0.2, -0.15) is 4.37 Å². The fourth-order valence-electron chi connectivity index (χ4n) is 1.36. The van der Waals surface area contributed by atoms with E-state index in [-0.39, 0.29) is 0 Å². The van der Waals surface area contributed by atoms with Gasteiger partial charge >= 0.3 is 0 Å². The van der Waals surface area contributed by atoms with Gasteiger partial charge in [0.25, 0.3) is 0 Å². The quantitative estimate of drug-likeness (QED) is 0.771. The molecule has 0 atom stereocenters. The normalized spacial score (nSPS) is 18.1. The van der Waals surface area contributed by atoms with Crippen LogP contribution in [0.2, 0.25) is 0 Å². The first kappa shape index (κ1) is 9.86. The minimum Gasteiger partial charge on any atom is -0.360 e. The molecule has 0 spiro atoms.